The van der Waals surface area contributed by atoms with Crippen LogP contribution in [0.15, 0.2) is 30.3 Å². The molecule has 0 atom stereocenters. The average molecular weight is 273 g/mol. The summed E-state index contributed by atoms with van der Waals surface area (Å²) < 4.78 is 0. The first kappa shape index (κ1) is 13.0. The maximum Gasteiger partial charge on any atom is 0.276 e. The lowest BCUT2D eigenvalue weighted by Crippen LogP contribution is -2.15. The molecule has 6 heteroatoms. The van der Waals surface area contributed by atoms with E-state index < -0.39 is 5.91 Å². The highest BCUT2D eigenvalue weighted by Gasteiger charge is 2.12. The molecule has 0 aliphatic rings. The third kappa shape index (κ3) is 2.87. The zero-order valence-corrected chi connectivity index (χ0v) is 10.8. The molecule has 0 fully saturated rings. The van der Waals surface area contributed by atoms with E-state index in [1.165, 1.54) is 12.1 Å². The number of carbonyl (C=O) groups excluding carboxylic acids is 1. The predicted molar refractivity (Wildman–Crippen MR) is 70.9 cm³/mol. The topological polar surface area (TPSA) is 78.7 Å². The Kier molecular flexibility index (Phi) is 3.74. The maximum atomic E-state index is 11.9. The van der Waals surface area contributed by atoms with Crippen molar-refractivity contribution >= 4 is 23.2 Å². The number of halogens is 1. The van der Waals surface area contributed by atoms with Crippen LogP contribution in [0, 0.1) is 18.3 Å². The summed E-state index contributed by atoms with van der Waals surface area (Å²) in [5, 5.41) is 19.2. The van der Waals surface area contributed by atoms with Crippen molar-refractivity contribution in [2.24, 2.45) is 0 Å². The van der Waals surface area contributed by atoms with Crippen LogP contribution in [0.1, 0.15) is 21.6 Å². The van der Waals surface area contributed by atoms with Crippen LogP contribution >= 0.6 is 11.6 Å². The largest absolute Gasteiger partial charge is 0.319 e. The van der Waals surface area contributed by atoms with E-state index in [2.05, 4.69) is 21.6 Å². The summed E-state index contributed by atoms with van der Waals surface area (Å²) in [7, 11) is 0. The first-order valence-corrected chi connectivity index (χ1v) is 5.80. The highest BCUT2D eigenvalue weighted by Crippen LogP contribution is 2.18. The SMILES string of the molecule is Cc1cccc(NC(=O)c2ccc(Cl)nn2)c1C#N. The number of rotatable bonds is 2. The first-order chi connectivity index (χ1) is 9.11. The van der Waals surface area contributed by atoms with Gasteiger partial charge in [-0.25, -0.2) is 0 Å². The number of amides is 1. The molecule has 0 aliphatic heterocycles. The molecule has 0 spiro atoms. The Hall–Kier alpha value is -2.45. The Labute approximate surface area is 114 Å². The molecule has 1 aromatic carbocycles. The smallest absolute Gasteiger partial charge is 0.276 e. The number of anilines is 1. The van der Waals surface area contributed by atoms with Crippen LogP contribution < -0.4 is 5.32 Å². The maximum absolute atomic E-state index is 11.9. The third-order valence-corrected chi connectivity index (χ3v) is 2.70. The van der Waals surface area contributed by atoms with Crippen molar-refractivity contribution in [1.29, 1.82) is 5.26 Å². The highest BCUT2D eigenvalue weighted by atomic mass is 35.5. The zero-order chi connectivity index (χ0) is 13.8. The van der Waals surface area contributed by atoms with Gasteiger partial charge in [0.2, 0.25) is 0 Å². The van der Waals surface area contributed by atoms with E-state index in [9.17, 15) is 4.79 Å². The van der Waals surface area contributed by atoms with E-state index in [0.29, 0.717) is 11.3 Å². The van der Waals surface area contributed by atoms with Crippen molar-refractivity contribution in [3.05, 3.63) is 52.3 Å². The standard InChI is InChI=1S/C13H9ClN4O/c1-8-3-2-4-10(9(8)7-15)16-13(19)11-5-6-12(14)18-17-11/h2-6H,1H3,(H,16,19). The second-order valence-electron chi connectivity index (χ2n) is 3.80. The number of nitrogens with zero attached hydrogens (tertiary/aromatic N) is 3. The minimum absolute atomic E-state index is 0.134. The minimum atomic E-state index is -0.439. The zero-order valence-electron chi connectivity index (χ0n) is 10.0. The average Bonchev–Trinajstić information content (AvgIpc) is 2.39. The van der Waals surface area contributed by atoms with E-state index in [1.54, 1.807) is 25.1 Å². The molecule has 1 amide bonds. The van der Waals surface area contributed by atoms with E-state index in [4.69, 9.17) is 16.9 Å². The minimum Gasteiger partial charge on any atom is -0.319 e. The number of carbonyl (C=O) groups is 1. The van der Waals surface area contributed by atoms with Gasteiger partial charge in [-0.15, -0.1) is 10.2 Å². The van der Waals surface area contributed by atoms with Crippen molar-refractivity contribution in [2.75, 3.05) is 5.32 Å². The molecule has 0 radical (unpaired) electrons. The molecule has 19 heavy (non-hydrogen) atoms. The van der Waals surface area contributed by atoms with Crippen LogP contribution in [0.5, 0.6) is 0 Å². The van der Waals surface area contributed by atoms with E-state index >= 15 is 0 Å². The number of aromatic nitrogens is 2. The molecule has 2 rings (SSSR count). The molecule has 0 bridgehead atoms. The van der Waals surface area contributed by atoms with Crippen LogP contribution in [0.3, 0.4) is 0 Å². The quantitative estimate of drug-likeness (QED) is 0.911. The van der Waals surface area contributed by atoms with E-state index in [1.807, 2.05) is 0 Å². The van der Waals surface area contributed by atoms with E-state index in [-0.39, 0.29) is 10.8 Å². The number of nitrogens with one attached hydrogen (secondary N) is 1. The molecule has 94 valence electrons. The fourth-order valence-electron chi connectivity index (χ4n) is 1.54. The Bertz CT molecular complexity index is 661. The lowest BCUT2D eigenvalue weighted by atomic mass is 10.1. The van der Waals surface area contributed by atoms with Gasteiger partial charge in [-0.2, -0.15) is 5.26 Å². The van der Waals surface area contributed by atoms with Gasteiger partial charge < -0.3 is 5.32 Å². The Morgan fingerprint density at radius 2 is 2.11 bits per heavy atom. The van der Waals surface area contributed by atoms with Gasteiger partial charge in [0.05, 0.1) is 11.3 Å². The molecule has 1 aromatic heterocycles. The predicted octanol–water partition coefficient (Wildman–Crippen LogP) is 2.56. The van der Waals surface area contributed by atoms with Gasteiger partial charge in [-0.05, 0) is 30.7 Å². The summed E-state index contributed by atoms with van der Waals surface area (Å²) in [6.45, 7) is 1.80. The van der Waals surface area contributed by atoms with Crippen LogP contribution in [0.25, 0.3) is 0 Å². The van der Waals surface area contributed by atoms with Gasteiger partial charge in [0.1, 0.15) is 6.07 Å². The van der Waals surface area contributed by atoms with Gasteiger partial charge in [0, 0.05) is 0 Å². The monoisotopic (exact) mass is 272 g/mol. The number of aryl methyl sites for hydroxylation is 1. The molecular weight excluding hydrogens is 264 g/mol. The fourth-order valence-corrected chi connectivity index (χ4v) is 1.64. The normalized spacial score (nSPS) is 9.74. The van der Waals surface area contributed by atoms with Crippen LogP contribution in [-0.4, -0.2) is 16.1 Å². The van der Waals surface area contributed by atoms with Crippen LogP contribution in [-0.2, 0) is 0 Å². The Morgan fingerprint density at radius 3 is 2.74 bits per heavy atom. The van der Waals surface area contributed by atoms with Gasteiger partial charge in [-0.1, -0.05) is 23.7 Å². The molecule has 0 aliphatic carbocycles. The highest BCUT2D eigenvalue weighted by molar-refractivity contribution is 6.29. The summed E-state index contributed by atoms with van der Waals surface area (Å²) in [5.41, 5.74) is 1.80. The second-order valence-corrected chi connectivity index (χ2v) is 4.19. The van der Waals surface area contributed by atoms with Crippen LogP contribution in [0.4, 0.5) is 5.69 Å². The van der Waals surface area contributed by atoms with Crippen LogP contribution in [0.2, 0.25) is 5.15 Å². The first-order valence-electron chi connectivity index (χ1n) is 5.42. The van der Waals surface area contributed by atoms with E-state index in [0.717, 1.165) is 5.56 Å². The van der Waals surface area contributed by atoms with Gasteiger partial charge >= 0.3 is 0 Å². The van der Waals surface area contributed by atoms with Gasteiger partial charge in [-0.3, -0.25) is 4.79 Å². The lowest BCUT2D eigenvalue weighted by molar-refractivity contribution is 0.102. The van der Waals surface area contributed by atoms with Gasteiger partial charge in [0.25, 0.3) is 5.91 Å². The molecule has 1 N–H and O–H groups in total. The summed E-state index contributed by atoms with van der Waals surface area (Å²) in [5.74, 6) is -0.439. The number of hydrogen-bond donors (Lipinski definition) is 1. The lowest BCUT2D eigenvalue weighted by Gasteiger charge is -2.07. The third-order valence-electron chi connectivity index (χ3n) is 2.50. The van der Waals surface area contributed by atoms with Crippen molar-refractivity contribution in [2.45, 2.75) is 6.92 Å². The molecule has 2 aromatic rings. The Balaban J connectivity index is 2.27. The molecule has 0 unspecified atom stereocenters. The van der Waals surface area contributed by atoms with Crippen molar-refractivity contribution in [3.63, 3.8) is 0 Å². The van der Waals surface area contributed by atoms with Crippen molar-refractivity contribution in [3.8, 4) is 6.07 Å². The fraction of sp³-hybridized carbons (Fsp3) is 0.0769. The molecule has 0 saturated carbocycles. The number of benzene rings is 1. The summed E-state index contributed by atoms with van der Waals surface area (Å²) in [6, 6.07) is 10.2. The van der Waals surface area contributed by atoms with Gasteiger partial charge in [0.15, 0.2) is 10.8 Å². The summed E-state index contributed by atoms with van der Waals surface area (Å²) >= 11 is 5.60. The number of nitriles is 1. The second kappa shape index (κ2) is 5.46. The summed E-state index contributed by atoms with van der Waals surface area (Å²) in [6.07, 6.45) is 0. The summed E-state index contributed by atoms with van der Waals surface area (Å²) in [4.78, 5) is 11.9. The molecule has 1 heterocycles. The van der Waals surface area contributed by atoms with Crippen molar-refractivity contribution in [1.82, 2.24) is 10.2 Å². The Morgan fingerprint density at radius 1 is 1.32 bits per heavy atom. The molecular formula is C13H9ClN4O. The molecule has 5 nitrogen and oxygen atoms in total. The molecule has 0 saturated heterocycles. The number of hydrogen-bond acceptors (Lipinski definition) is 4. The van der Waals surface area contributed by atoms with Crippen molar-refractivity contribution < 1.29 is 4.79 Å².